The summed E-state index contributed by atoms with van der Waals surface area (Å²) in [5, 5.41) is 10.6. The first kappa shape index (κ1) is 20.4. The second-order valence-electron chi connectivity index (χ2n) is 6.08. The highest BCUT2D eigenvalue weighted by Crippen LogP contribution is 2.25. The summed E-state index contributed by atoms with van der Waals surface area (Å²) in [5.41, 5.74) is 2.58. The Labute approximate surface area is 173 Å². The lowest BCUT2D eigenvalue weighted by Crippen LogP contribution is -2.35. The molecule has 1 aromatic heterocycles. The van der Waals surface area contributed by atoms with E-state index in [1.165, 1.54) is 0 Å². The van der Waals surface area contributed by atoms with Crippen molar-refractivity contribution in [2.75, 3.05) is 19.7 Å². The van der Waals surface area contributed by atoms with E-state index in [-0.39, 0.29) is 19.0 Å². The van der Waals surface area contributed by atoms with Crippen LogP contribution in [0.4, 0.5) is 4.79 Å². The molecule has 0 fully saturated rings. The number of carbonyl (C=O) groups is 2. The Morgan fingerprint density at radius 3 is 2.41 bits per heavy atom. The van der Waals surface area contributed by atoms with Crippen LogP contribution in [0.15, 0.2) is 60.8 Å². The molecule has 150 valence electrons. The predicted octanol–water partition coefficient (Wildman–Crippen LogP) is 3.67. The molecule has 3 rings (SSSR count). The summed E-state index contributed by atoms with van der Waals surface area (Å²) in [5.74, 6) is -0.289. The van der Waals surface area contributed by atoms with E-state index in [2.05, 4.69) is 15.7 Å². The maximum Gasteiger partial charge on any atom is 0.407 e. The van der Waals surface area contributed by atoms with Gasteiger partial charge in [-0.3, -0.25) is 4.79 Å². The number of carbonyl (C=O) groups excluding carboxylic acids is 2. The van der Waals surface area contributed by atoms with Crippen molar-refractivity contribution in [1.29, 1.82) is 0 Å². The van der Waals surface area contributed by atoms with Crippen LogP contribution in [0.25, 0.3) is 16.9 Å². The third-order valence-electron chi connectivity index (χ3n) is 4.05. The highest BCUT2D eigenvalue weighted by molar-refractivity contribution is 6.30. The molecule has 2 N–H and O–H groups in total. The minimum atomic E-state index is -0.513. The Hall–Kier alpha value is -3.32. The minimum absolute atomic E-state index is 0.258. The predicted molar refractivity (Wildman–Crippen MR) is 111 cm³/mol. The van der Waals surface area contributed by atoms with E-state index in [0.717, 1.165) is 11.3 Å². The number of nitrogens with zero attached hydrogens (tertiary/aromatic N) is 2. The van der Waals surface area contributed by atoms with Crippen LogP contribution in [0.3, 0.4) is 0 Å². The van der Waals surface area contributed by atoms with Crippen molar-refractivity contribution in [2.24, 2.45) is 0 Å². The van der Waals surface area contributed by atoms with Crippen LogP contribution >= 0.6 is 11.6 Å². The zero-order chi connectivity index (χ0) is 20.6. The standard InChI is InChI=1S/C21H21ClN4O3/c1-2-29-21(28)24-13-12-23-20(27)18-14-26(17-6-4-3-5-7-17)25-19(18)15-8-10-16(22)11-9-15/h3-11,14H,2,12-13H2,1H3,(H,23,27)(H,24,28). The number of halogens is 1. The summed E-state index contributed by atoms with van der Waals surface area (Å²) in [6.07, 6.45) is 1.17. The minimum Gasteiger partial charge on any atom is -0.450 e. The van der Waals surface area contributed by atoms with Gasteiger partial charge in [0.05, 0.1) is 17.9 Å². The molecule has 0 saturated carbocycles. The van der Waals surface area contributed by atoms with Gasteiger partial charge in [-0.15, -0.1) is 0 Å². The van der Waals surface area contributed by atoms with Gasteiger partial charge < -0.3 is 15.4 Å². The van der Waals surface area contributed by atoms with Gasteiger partial charge in [0.2, 0.25) is 0 Å². The fraction of sp³-hybridized carbons (Fsp3) is 0.190. The van der Waals surface area contributed by atoms with Crippen LogP contribution in [0.5, 0.6) is 0 Å². The molecule has 0 radical (unpaired) electrons. The molecular weight excluding hydrogens is 392 g/mol. The van der Waals surface area contributed by atoms with Crippen molar-refractivity contribution in [2.45, 2.75) is 6.92 Å². The number of benzene rings is 2. The maximum absolute atomic E-state index is 12.8. The Balaban J connectivity index is 1.80. The van der Waals surface area contributed by atoms with E-state index in [4.69, 9.17) is 16.3 Å². The molecule has 7 nitrogen and oxygen atoms in total. The van der Waals surface area contributed by atoms with Crippen LogP contribution in [0.1, 0.15) is 17.3 Å². The Morgan fingerprint density at radius 1 is 1.03 bits per heavy atom. The third kappa shape index (κ3) is 5.36. The van der Waals surface area contributed by atoms with Crippen molar-refractivity contribution >= 4 is 23.6 Å². The molecule has 0 aliphatic heterocycles. The van der Waals surface area contributed by atoms with Gasteiger partial charge in [0.25, 0.3) is 5.91 Å². The fourth-order valence-corrected chi connectivity index (χ4v) is 2.82. The van der Waals surface area contributed by atoms with E-state index in [1.807, 2.05) is 42.5 Å². The first-order chi connectivity index (χ1) is 14.1. The molecule has 1 heterocycles. The lowest BCUT2D eigenvalue weighted by molar-refractivity contribution is 0.0953. The van der Waals surface area contributed by atoms with Crippen molar-refractivity contribution in [3.8, 4) is 16.9 Å². The van der Waals surface area contributed by atoms with E-state index in [9.17, 15) is 9.59 Å². The summed E-state index contributed by atoms with van der Waals surface area (Å²) < 4.78 is 6.45. The van der Waals surface area contributed by atoms with E-state index in [0.29, 0.717) is 22.9 Å². The zero-order valence-corrected chi connectivity index (χ0v) is 16.6. The highest BCUT2D eigenvalue weighted by Gasteiger charge is 2.18. The van der Waals surface area contributed by atoms with Gasteiger partial charge in [-0.25, -0.2) is 9.48 Å². The van der Waals surface area contributed by atoms with Crippen LogP contribution in [-0.2, 0) is 4.74 Å². The van der Waals surface area contributed by atoms with Gasteiger partial charge in [0.1, 0.15) is 5.69 Å². The third-order valence-corrected chi connectivity index (χ3v) is 4.30. The number of amides is 2. The number of aromatic nitrogens is 2. The SMILES string of the molecule is CCOC(=O)NCCNC(=O)c1cn(-c2ccccc2)nc1-c1ccc(Cl)cc1. The topological polar surface area (TPSA) is 85.3 Å². The molecule has 3 aromatic rings. The number of alkyl carbamates (subject to hydrolysis) is 1. The second kappa shape index (κ2) is 9.75. The number of hydrogen-bond acceptors (Lipinski definition) is 4. The van der Waals surface area contributed by atoms with Gasteiger partial charge in [-0.1, -0.05) is 41.9 Å². The van der Waals surface area contributed by atoms with Gasteiger partial charge >= 0.3 is 6.09 Å². The first-order valence-corrected chi connectivity index (χ1v) is 9.56. The molecule has 2 aromatic carbocycles. The maximum atomic E-state index is 12.8. The van der Waals surface area contributed by atoms with Crippen molar-refractivity contribution in [1.82, 2.24) is 20.4 Å². The number of rotatable bonds is 7. The van der Waals surface area contributed by atoms with Gasteiger partial charge in [0, 0.05) is 29.9 Å². The van der Waals surface area contributed by atoms with E-state index < -0.39 is 6.09 Å². The largest absolute Gasteiger partial charge is 0.450 e. The number of ether oxygens (including phenoxy) is 1. The van der Waals surface area contributed by atoms with Gasteiger partial charge in [-0.2, -0.15) is 5.10 Å². The summed E-state index contributed by atoms with van der Waals surface area (Å²) in [4.78, 5) is 24.1. The van der Waals surface area contributed by atoms with Crippen LogP contribution < -0.4 is 10.6 Å². The quantitative estimate of drug-likeness (QED) is 0.580. The molecule has 0 bridgehead atoms. The Bertz CT molecular complexity index is 971. The number of para-hydroxylation sites is 1. The molecule has 0 unspecified atom stereocenters. The van der Waals surface area contributed by atoms with Crippen molar-refractivity contribution < 1.29 is 14.3 Å². The van der Waals surface area contributed by atoms with Gasteiger partial charge in [0.15, 0.2) is 0 Å². The van der Waals surface area contributed by atoms with Crippen molar-refractivity contribution in [3.05, 3.63) is 71.4 Å². The van der Waals surface area contributed by atoms with E-state index in [1.54, 1.807) is 29.9 Å². The van der Waals surface area contributed by atoms with Crippen LogP contribution in [0, 0.1) is 0 Å². The molecule has 29 heavy (non-hydrogen) atoms. The molecule has 2 amide bonds. The monoisotopic (exact) mass is 412 g/mol. The first-order valence-electron chi connectivity index (χ1n) is 9.18. The van der Waals surface area contributed by atoms with Crippen LogP contribution in [-0.4, -0.2) is 41.5 Å². The van der Waals surface area contributed by atoms with Crippen molar-refractivity contribution in [3.63, 3.8) is 0 Å². The normalized spacial score (nSPS) is 10.4. The van der Waals surface area contributed by atoms with Gasteiger partial charge in [-0.05, 0) is 31.2 Å². The fourth-order valence-electron chi connectivity index (χ4n) is 2.69. The average molecular weight is 413 g/mol. The number of hydrogen-bond donors (Lipinski definition) is 2. The molecule has 0 aliphatic carbocycles. The summed E-state index contributed by atoms with van der Waals surface area (Å²) in [6, 6.07) is 16.7. The second-order valence-corrected chi connectivity index (χ2v) is 6.52. The molecule has 0 spiro atoms. The summed E-state index contributed by atoms with van der Waals surface area (Å²) >= 11 is 5.99. The number of nitrogens with one attached hydrogen (secondary N) is 2. The average Bonchev–Trinajstić information content (AvgIpc) is 3.18. The summed E-state index contributed by atoms with van der Waals surface area (Å²) in [7, 11) is 0. The molecule has 8 heteroatoms. The smallest absolute Gasteiger partial charge is 0.407 e. The Kier molecular flexibility index (Phi) is 6.86. The zero-order valence-electron chi connectivity index (χ0n) is 15.9. The molecule has 0 aliphatic rings. The Morgan fingerprint density at radius 2 is 1.72 bits per heavy atom. The lowest BCUT2D eigenvalue weighted by Gasteiger charge is -2.07. The molecule has 0 atom stereocenters. The van der Waals surface area contributed by atoms with Crippen LogP contribution in [0.2, 0.25) is 5.02 Å². The highest BCUT2D eigenvalue weighted by atomic mass is 35.5. The molecule has 0 saturated heterocycles. The van der Waals surface area contributed by atoms with E-state index >= 15 is 0 Å². The lowest BCUT2D eigenvalue weighted by atomic mass is 10.1. The summed E-state index contributed by atoms with van der Waals surface area (Å²) in [6.45, 7) is 2.53. The molecular formula is C21H21ClN4O3.